The SMILES string of the molecule is O=c1c2ccccc2[nH]c2ccccc12.S. The molecule has 0 fully saturated rings. The molecule has 80 valence electrons. The van der Waals surface area contributed by atoms with Gasteiger partial charge >= 0.3 is 0 Å². The Labute approximate surface area is 99.4 Å². The molecule has 0 unspecified atom stereocenters. The molecular formula is C13H11NOS. The van der Waals surface area contributed by atoms with Crippen molar-refractivity contribution in [2.45, 2.75) is 0 Å². The van der Waals surface area contributed by atoms with Crippen molar-refractivity contribution >= 4 is 35.3 Å². The molecule has 0 atom stereocenters. The predicted molar refractivity (Wildman–Crippen MR) is 72.5 cm³/mol. The van der Waals surface area contributed by atoms with Crippen LogP contribution in [0.15, 0.2) is 53.3 Å². The average Bonchev–Trinajstić information content (AvgIpc) is 2.30. The minimum atomic E-state index is 0. The van der Waals surface area contributed by atoms with Crippen molar-refractivity contribution in [1.82, 2.24) is 4.98 Å². The van der Waals surface area contributed by atoms with E-state index in [2.05, 4.69) is 4.98 Å². The molecule has 3 heteroatoms. The Bertz CT molecular complexity index is 646. The first-order chi connectivity index (χ1) is 7.36. The third kappa shape index (κ3) is 1.49. The first kappa shape index (κ1) is 10.8. The highest BCUT2D eigenvalue weighted by molar-refractivity contribution is 7.59. The van der Waals surface area contributed by atoms with Gasteiger partial charge in [-0.15, -0.1) is 0 Å². The van der Waals surface area contributed by atoms with Crippen molar-refractivity contribution in [3.8, 4) is 0 Å². The van der Waals surface area contributed by atoms with E-state index in [0.717, 1.165) is 21.8 Å². The van der Waals surface area contributed by atoms with Crippen LogP contribution in [0.1, 0.15) is 0 Å². The molecule has 2 nitrogen and oxygen atoms in total. The van der Waals surface area contributed by atoms with Gasteiger partial charge in [0.25, 0.3) is 0 Å². The third-order valence-electron chi connectivity index (χ3n) is 2.61. The number of nitrogens with one attached hydrogen (secondary N) is 1. The largest absolute Gasteiger partial charge is 0.354 e. The van der Waals surface area contributed by atoms with Gasteiger partial charge in [-0.05, 0) is 24.3 Å². The van der Waals surface area contributed by atoms with Crippen LogP contribution in [0.25, 0.3) is 21.8 Å². The number of hydrogen-bond acceptors (Lipinski definition) is 1. The van der Waals surface area contributed by atoms with Crippen LogP contribution in [0.3, 0.4) is 0 Å². The number of rotatable bonds is 0. The number of aromatic amines is 1. The highest BCUT2D eigenvalue weighted by Crippen LogP contribution is 2.13. The highest BCUT2D eigenvalue weighted by Gasteiger charge is 2.02. The van der Waals surface area contributed by atoms with Crippen LogP contribution in [0.2, 0.25) is 0 Å². The van der Waals surface area contributed by atoms with E-state index in [1.54, 1.807) is 0 Å². The lowest BCUT2D eigenvalue weighted by atomic mass is 10.1. The molecule has 0 amide bonds. The Kier molecular flexibility index (Phi) is 2.71. The summed E-state index contributed by atoms with van der Waals surface area (Å²) >= 11 is 0. The van der Waals surface area contributed by atoms with Gasteiger partial charge < -0.3 is 4.98 Å². The quantitative estimate of drug-likeness (QED) is 0.591. The molecule has 0 saturated carbocycles. The topological polar surface area (TPSA) is 32.9 Å². The predicted octanol–water partition coefficient (Wildman–Crippen LogP) is 2.79. The average molecular weight is 229 g/mol. The molecule has 3 aromatic rings. The number of H-pyrrole nitrogens is 1. The summed E-state index contributed by atoms with van der Waals surface area (Å²) in [7, 11) is 0. The Morgan fingerprint density at radius 3 is 1.69 bits per heavy atom. The van der Waals surface area contributed by atoms with Crippen molar-refractivity contribution in [3.05, 3.63) is 58.8 Å². The van der Waals surface area contributed by atoms with E-state index in [-0.39, 0.29) is 18.9 Å². The third-order valence-corrected chi connectivity index (χ3v) is 2.61. The van der Waals surface area contributed by atoms with Crippen molar-refractivity contribution in [1.29, 1.82) is 0 Å². The number of aromatic nitrogens is 1. The number of pyridine rings is 1. The van der Waals surface area contributed by atoms with Crippen LogP contribution in [0.4, 0.5) is 0 Å². The zero-order chi connectivity index (χ0) is 10.3. The van der Waals surface area contributed by atoms with E-state index in [4.69, 9.17) is 0 Å². The summed E-state index contributed by atoms with van der Waals surface area (Å²) in [5.41, 5.74) is 1.88. The molecular weight excluding hydrogens is 218 g/mol. The van der Waals surface area contributed by atoms with Crippen molar-refractivity contribution in [2.75, 3.05) is 0 Å². The first-order valence-electron chi connectivity index (χ1n) is 4.86. The van der Waals surface area contributed by atoms with Gasteiger partial charge in [0, 0.05) is 21.8 Å². The van der Waals surface area contributed by atoms with E-state index in [1.165, 1.54) is 0 Å². The molecule has 1 heterocycles. The summed E-state index contributed by atoms with van der Waals surface area (Å²) in [6.45, 7) is 0. The second-order valence-electron chi connectivity index (χ2n) is 3.55. The van der Waals surface area contributed by atoms with Crippen LogP contribution in [0.5, 0.6) is 0 Å². The van der Waals surface area contributed by atoms with Gasteiger partial charge in [-0.2, -0.15) is 13.5 Å². The Balaban J connectivity index is 0.000000963. The standard InChI is InChI=1S/C13H9NO.H2S/c15-13-9-5-1-3-7-11(9)14-12-8-4-2-6-10(12)13;/h1-8H,(H,14,15);1H2. The summed E-state index contributed by atoms with van der Waals surface area (Å²) in [5, 5.41) is 1.49. The zero-order valence-corrected chi connectivity index (χ0v) is 9.53. The highest BCUT2D eigenvalue weighted by atomic mass is 32.1. The van der Waals surface area contributed by atoms with Crippen LogP contribution >= 0.6 is 13.5 Å². The van der Waals surface area contributed by atoms with E-state index >= 15 is 0 Å². The van der Waals surface area contributed by atoms with Crippen molar-refractivity contribution < 1.29 is 0 Å². The fraction of sp³-hybridized carbons (Fsp3) is 0. The molecule has 0 aliphatic rings. The Morgan fingerprint density at radius 1 is 0.750 bits per heavy atom. The summed E-state index contributed by atoms with van der Waals surface area (Å²) in [5.74, 6) is 0. The van der Waals surface area contributed by atoms with Crippen LogP contribution < -0.4 is 5.43 Å². The second kappa shape index (κ2) is 4.02. The monoisotopic (exact) mass is 229 g/mol. The molecule has 0 bridgehead atoms. The molecule has 2 aromatic carbocycles. The van der Waals surface area contributed by atoms with Crippen LogP contribution in [0, 0.1) is 0 Å². The van der Waals surface area contributed by atoms with E-state index < -0.39 is 0 Å². The normalized spacial score (nSPS) is 10.2. The Hall–Kier alpha value is -1.74. The first-order valence-corrected chi connectivity index (χ1v) is 4.86. The fourth-order valence-corrected chi connectivity index (χ4v) is 1.87. The van der Waals surface area contributed by atoms with Gasteiger partial charge in [-0.1, -0.05) is 24.3 Å². The molecule has 0 saturated heterocycles. The van der Waals surface area contributed by atoms with Crippen molar-refractivity contribution in [3.63, 3.8) is 0 Å². The number of fused-ring (bicyclic) bond motifs is 2. The summed E-state index contributed by atoms with van der Waals surface area (Å²) in [6, 6.07) is 15.1. The molecule has 1 aromatic heterocycles. The zero-order valence-electron chi connectivity index (χ0n) is 8.53. The van der Waals surface area contributed by atoms with Gasteiger partial charge in [-0.3, -0.25) is 4.79 Å². The van der Waals surface area contributed by atoms with Gasteiger partial charge in [0.05, 0.1) is 0 Å². The maximum Gasteiger partial charge on any atom is 0.197 e. The van der Waals surface area contributed by atoms with Crippen LogP contribution in [-0.2, 0) is 0 Å². The smallest absolute Gasteiger partial charge is 0.197 e. The summed E-state index contributed by atoms with van der Waals surface area (Å²) < 4.78 is 0. The van der Waals surface area contributed by atoms with Crippen LogP contribution in [-0.4, -0.2) is 4.98 Å². The van der Waals surface area contributed by atoms with Gasteiger partial charge in [0.2, 0.25) is 0 Å². The molecule has 3 rings (SSSR count). The maximum atomic E-state index is 12.1. The number of hydrogen-bond donors (Lipinski definition) is 1. The van der Waals surface area contributed by atoms with Gasteiger partial charge in [0.1, 0.15) is 0 Å². The lowest BCUT2D eigenvalue weighted by Crippen LogP contribution is -2.03. The summed E-state index contributed by atoms with van der Waals surface area (Å²) in [6.07, 6.45) is 0. The van der Waals surface area contributed by atoms with Gasteiger partial charge in [-0.25, -0.2) is 0 Å². The molecule has 0 spiro atoms. The van der Waals surface area contributed by atoms with E-state index in [1.807, 2.05) is 48.5 Å². The maximum absolute atomic E-state index is 12.1. The number of para-hydroxylation sites is 2. The minimum absolute atomic E-state index is 0. The lowest BCUT2D eigenvalue weighted by Gasteiger charge is -2.01. The fourth-order valence-electron chi connectivity index (χ4n) is 1.87. The minimum Gasteiger partial charge on any atom is -0.354 e. The molecule has 0 aliphatic heterocycles. The van der Waals surface area contributed by atoms with Crippen molar-refractivity contribution in [2.24, 2.45) is 0 Å². The van der Waals surface area contributed by atoms with E-state index in [9.17, 15) is 4.79 Å². The number of benzene rings is 2. The Morgan fingerprint density at radius 2 is 1.19 bits per heavy atom. The molecule has 0 aliphatic carbocycles. The van der Waals surface area contributed by atoms with Gasteiger partial charge in [0.15, 0.2) is 5.43 Å². The second-order valence-corrected chi connectivity index (χ2v) is 3.55. The lowest BCUT2D eigenvalue weighted by molar-refractivity contribution is 1.48. The molecule has 16 heavy (non-hydrogen) atoms. The van der Waals surface area contributed by atoms with E-state index in [0.29, 0.717) is 0 Å². The molecule has 0 radical (unpaired) electrons. The molecule has 1 N–H and O–H groups in total. The summed E-state index contributed by atoms with van der Waals surface area (Å²) in [4.78, 5) is 15.3.